The van der Waals surface area contributed by atoms with E-state index in [2.05, 4.69) is 29.1 Å². The van der Waals surface area contributed by atoms with Crippen LogP contribution in [-0.4, -0.2) is 59.1 Å². The lowest BCUT2D eigenvalue weighted by Gasteiger charge is -2.39. The summed E-state index contributed by atoms with van der Waals surface area (Å²) in [4.78, 5) is 16.8. The Morgan fingerprint density at radius 1 is 1.29 bits per heavy atom. The zero-order valence-corrected chi connectivity index (χ0v) is 13.0. The number of rotatable bonds is 3. The van der Waals surface area contributed by atoms with E-state index in [-0.39, 0.29) is 17.2 Å². The highest BCUT2D eigenvalue weighted by atomic mass is 16.4. The van der Waals surface area contributed by atoms with E-state index >= 15 is 0 Å². The van der Waals surface area contributed by atoms with Gasteiger partial charge in [0.05, 0.1) is 0 Å². The normalized spacial score (nSPS) is 26.7. The Kier molecular flexibility index (Phi) is 3.97. The first-order valence-corrected chi connectivity index (χ1v) is 7.92. The molecule has 0 radical (unpaired) electrons. The van der Waals surface area contributed by atoms with Crippen molar-refractivity contribution in [2.45, 2.75) is 39.0 Å². The standard InChI is InChI=1S/C15H24N4O2/c1-3-5-12-16-17-13(21-12)14(20)19-8-4-6-15(11-19)7-9-18(2)10-15/h3-11H2,1-2H3/t15-/m0/s1. The third-order valence-corrected chi connectivity index (χ3v) is 4.69. The number of amides is 1. The van der Waals surface area contributed by atoms with Gasteiger partial charge >= 0.3 is 11.8 Å². The fraction of sp³-hybridized carbons (Fsp3) is 0.800. The lowest BCUT2D eigenvalue weighted by Crippen LogP contribution is -2.47. The summed E-state index contributed by atoms with van der Waals surface area (Å²) in [5.74, 6) is 0.619. The van der Waals surface area contributed by atoms with Gasteiger partial charge in [0.2, 0.25) is 5.89 Å². The molecule has 0 N–H and O–H groups in total. The zero-order valence-electron chi connectivity index (χ0n) is 13.0. The van der Waals surface area contributed by atoms with Gasteiger partial charge in [0.25, 0.3) is 0 Å². The second kappa shape index (κ2) is 5.75. The van der Waals surface area contributed by atoms with Crippen LogP contribution in [0.15, 0.2) is 4.42 Å². The van der Waals surface area contributed by atoms with Crippen molar-refractivity contribution in [3.8, 4) is 0 Å². The molecule has 3 heterocycles. The molecule has 0 aromatic carbocycles. The molecule has 1 spiro atoms. The predicted octanol–water partition coefficient (Wildman–Crippen LogP) is 1.58. The molecule has 0 saturated carbocycles. The van der Waals surface area contributed by atoms with E-state index < -0.39 is 0 Å². The summed E-state index contributed by atoms with van der Waals surface area (Å²) in [6.07, 6.45) is 5.13. The summed E-state index contributed by atoms with van der Waals surface area (Å²) in [7, 11) is 2.16. The first-order chi connectivity index (χ1) is 10.1. The van der Waals surface area contributed by atoms with Gasteiger partial charge in [-0.2, -0.15) is 0 Å². The Morgan fingerprint density at radius 2 is 2.14 bits per heavy atom. The number of aromatic nitrogens is 2. The second-order valence-electron chi connectivity index (χ2n) is 6.57. The second-order valence-corrected chi connectivity index (χ2v) is 6.57. The van der Waals surface area contributed by atoms with Gasteiger partial charge in [0, 0.05) is 31.5 Å². The molecule has 6 nitrogen and oxygen atoms in total. The number of likely N-dealkylation sites (tertiary alicyclic amines) is 2. The largest absolute Gasteiger partial charge is 0.417 e. The van der Waals surface area contributed by atoms with Crippen LogP contribution in [-0.2, 0) is 6.42 Å². The number of aryl methyl sites for hydroxylation is 1. The first kappa shape index (κ1) is 14.5. The van der Waals surface area contributed by atoms with Gasteiger partial charge < -0.3 is 14.2 Å². The molecule has 1 atom stereocenters. The van der Waals surface area contributed by atoms with E-state index in [1.165, 1.54) is 12.8 Å². The highest BCUT2D eigenvalue weighted by Crippen LogP contribution is 2.38. The van der Waals surface area contributed by atoms with E-state index in [0.717, 1.165) is 45.4 Å². The smallest absolute Gasteiger partial charge is 0.311 e. The van der Waals surface area contributed by atoms with Crippen molar-refractivity contribution in [3.05, 3.63) is 11.8 Å². The number of hydrogen-bond donors (Lipinski definition) is 0. The van der Waals surface area contributed by atoms with Gasteiger partial charge in [0.15, 0.2) is 0 Å². The lowest BCUT2D eigenvalue weighted by atomic mass is 9.79. The van der Waals surface area contributed by atoms with E-state index in [9.17, 15) is 4.79 Å². The van der Waals surface area contributed by atoms with Crippen molar-refractivity contribution in [1.82, 2.24) is 20.0 Å². The molecule has 21 heavy (non-hydrogen) atoms. The molecule has 2 fully saturated rings. The molecule has 3 rings (SSSR count). The van der Waals surface area contributed by atoms with Crippen LogP contribution >= 0.6 is 0 Å². The van der Waals surface area contributed by atoms with Crippen LogP contribution in [0, 0.1) is 5.41 Å². The molecule has 1 amide bonds. The average Bonchev–Trinajstić information content (AvgIpc) is 3.06. The minimum atomic E-state index is -0.0986. The SMILES string of the molecule is CCCc1nnc(C(=O)N2CCC[C@@]3(CCN(C)C3)C2)o1. The maximum absolute atomic E-state index is 12.6. The molecule has 2 saturated heterocycles. The maximum atomic E-state index is 12.6. The van der Waals surface area contributed by atoms with E-state index in [4.69, 9.17) is 4.42 Å². The Labute approximate surface area is 125 Å². The summed E-state index contributed by atoms with van der Waals surface area (Å²) in [6, 6.07) is 0. The van der Waals surface area contributed by atoms with E-state index in [1.54, 1.807) is 0 Å². The fourth-order valence-electron chi connectivity index (χ4n) is 3.66. The van der Waals surface area contributed by atoms with Gasteiger partial charge in [-0.15, -0.1) is 10.2 Å². The Balaban J connectivity index is 1.69. The summed E-state index contributed by atoms with van der Waals surface area (Å²) in [5, 5.41) is 7.87. The van der Waals surface area contributed by atoms with Gasteiger partial charge in [-0.25, -0.2) is 0 Å². The van der Waals surface area contributed by atoms with Crippen LogP contribution < -0.4 is 0 Å². The van der Waals surface area contributed by atoms with Crippen LogP contribution in [0.5, 0.6) is 0 Å². The molecule has 0 unspecified atom stereocenters. The molecule has 0 bridgehead atoms. The third kappa shape index (κ3) is 2.95. The van der Waals surface area contributed by atoms with Crippen LogP contribution in [0.2, 0.25) is 0 Å². The highest BCUT2D eigenvalue weighted by molar-refractivity contribution is 5.89. The zero-order chi connectivity index (χ0) is 14.9. The summed E-state index contributed by atoms with van der Waals surface area (Å²) in [5.41, 5.74) is 0.273. The minimum absolute atomic E-state index is 0.0986. The van der Waals surface area contributed by atoms with Crippen LogP contribution in [0.4, 0.5) is 0 Å². The van der Waals surface area contributed by atoms with Crippen molar-refractivity contribution in [2.24, 2.45) is 5.41 Å². The van der Waals surface area contributed by atoms with Gasteiger partial charge in [0.1, 0.15) is 0 Å². The van der Waals surface area contributed by atoms with Crippen molar-refractivity contribution in [1.29, 1.82) is 0 Å². The molecular formula is C15H24N4O2. The van der Waals surface area contributed by atoms with E-state index in [0.29, 0.717) is 5.89 Å². The Bertz CT molecular complexity index is 512. The Hall–Kier alpha value is -1.43. The predicted molar refractivity (Wildman–Crippen MR) is 78.0 cm³/mol. The summed E-state index contributed by atoms with van der Waals surface area (Å²) < 4.78 is 5.49. The topological polar surface area (TPSA) is 62.5 Å². The number of nitrogens with zero attached hydrogens (tertiary/aromatic N) is 4. The molecule has 1 aromatic heterocycles. The summed E-state index contributed by atoms with van der Waals surface area (Å²) >= 11 is 0. The number of carbonyl (C=O) groups excluding carboxylic acids is 1. The quantitative estimate of drug-likeness (QED) is 0.846. The van der Waals surface area contributed by atoms with Gasteiger partial charge in [-0.1, -0.05) is 6.92 Å². The number of hydrogen-bond acceptors (Lipinski definition) is 5. The van der Waals surface area contributed by atoms with Crippen molar-refractivity contribution in [2.75, 3.05) is 33.2 Å². The number of carbonyl (C=O) groups is 1. The van der Waals surface area contributed by atoms with Gasteiger partial charge in [-0.3, -0.25) is 4.79 Å². The molecule has 2 aliphatic heterocycles. The van der Waals surface area contributed by atoms with Crippen LogP contribution in [0.25, 0.3) is 0 Å². The van der Waals surface area contributed by atoms with Crippen molar-refractivity contribution in [3.63, 3.8) is 0 Å². The van der Waals surface area contributed by atoms with Crippen LogP contribution in [0.3, 0.4) is 0 Å². The average molecular weight is 292 g/mol. The summed E-state index contributed by atoms with van der Waals surface area (Å²) in [6.45, 7) is 5.89. The Morgan fingerprint density at radius 3 is 2.86 bits per heavy atom. The molecule has 116 valence electrons. The van der Waals surface area contributed by atoms with Crippen molar-refractivity contribution >= 4 is 5.91 Å². The highest BCUT2D eigenvalue weighted by Gasteiger charge is 2.42. The molecule has 0 aliphatic carbocycles. The minimum Gasteiger partial charge on any atom is -0.417 e. The molecule has 6 heteroatoms. The molecule has 1 aromatic rings. The fourth-order valence-corrected chi connectivity index (χ4v) is 3.66. The van der Waals surface area contributed by atoms with Gasteiger partial charge in [-0.05, 0) is 39.3 Å². The van der Waals surface area contributed by atoms with E-state index in [1.807, 2.05) is 4.90 Å². The molecular weight excluding hydrogens is 268 g/mol. The lowest BCUT2D eigenvalue weighted by molar-refractivity contribution is 0.0496. The van der Waals surface area contributed by atoms with Crippen LogP contribution in [0.1, 0.15) is 49.2 Å². The number of piperidine rings is 1. The third-order valence-electron chi connectivity index (χ3n) is 4.69. The first-order valence-electron chi connectivity index (χ1n) is 7.92. The maximum Gasteiger partial charge on any atom is 0.311 e. The van der Waals surface area contributed by atoms with Crippen molar-refractivity contribution < 1.29 is 9.21 Å². The molecule has 2 aliphatic rings. The monoisotopic (exact) mass is 292 g/mol.